The number of likely N-dealkylation sites (N-methyl/N-ethyl adjacent to an activating group) is 1. The van der Waals surface area contributed by atoms with E-state index >= 15 is 0 Å². The van der Waals surface area contributed by atoms with Crippen LogP contribution in [0.15, 0.2) is 55.1 Å². The molecule has 27 heavy (non-hydrogen) atoms. The normalized spacial score (nSPS) is 10.9. The molecule has 2 aromatic heterocycles. The lowest BCUT2D eigenvalue weighted by molar-refractivity contribution is 0.223. The van der Waals surface area contributed by atoms with Gasteiger partial charge in [0.15, 0.2) is 5.82 Å². The predicted molar refractivity (Wildman–Crippen MR) is 106 cm³/mol. The molecule has 1 N–H and O–H groups in total. The first-order chi connectivity index (χ1) is 13.3. The lowest BCUT2D eigenvalue weighted by Crippen LogP contribution is -2.27. The minimum Gasteiger partial charge on any atom is -0.492 e. The Bertz CT molecular complexity index is 800. The monoisotopic (exact) mass is 366 g/mol. The van der Waals surface area contributed by atoms with Crippen molar-refractivity contribution in [1.82, 2.24) is 24.6 Å². The topological polar surface area (TPSA) is 68.1 Å². The van der Waals surface area contributed by atoms with E-state index in [1.54, 1.807) is 23.3 Å². The molecule has 0 fully saturated rings. The fourth-order valence-corrected chi connectivity index (χ4v) is 2.68. The van der Waals surface area contributed by atoms with E-state index in [4.69, 9.17) is 4.74 Å². The number of benzene rings is 1. The van der Waals surface area contributed by atoms with Crippen LogP contribution in [0.3, 0.4) is 0 Å². The molecule has 142 valence electrons. The van der Waals surface area contributed by atoms with Crippen molar-refractivity contribution in [2.75, 3.05) is 31.6 Å². The number of ether oxygens (including phenoxy) is 1. The average molecular weight is 366 g/mol. The van der Waals surface area contributed by atoms with Crippen molar-refractivity contribution >= 4 is 5.82 Å². The van der Waals surface area contributed by atoms with Gasteiger partial charge in [-0.25, -0.2) is 9.67 Å². The van der Waals surface area contributed by atoms with Gasteiger partial charge in [-0.1, -0.05) is 26.0 Å². The van der Waals surface area contributed by atoms with E-state index in [-0.39, 0.29) is 0 Å². The van der Waals surface area contributed by atoms with Crippen molar-refractivity contribution in [2.24, 2.45) is 0 Å². The number of hydrogen-bond donors (Lipinski definition) is 1. The zero-order valence-electron chi connectivity index (χ0n) is 15.9. The number of nitrogens with zero attached hydrogens (tertiary/aromatic N) is 5. The summed E-state index contributed by atoms with van der Waals surface area (Å²) in [6, 6.07) is 9.98. The van der Waals surface area contributed by atoms with Crippen LogP contribution in [0.25, 0.3) is 5.82 Å². The summed E-state index contributed by atoms with van der Waals surface area (Å²) in [5, 5.41) is 7.47. The van der Waals surface area contributed by atoms with E-state index in [9.17, 15) is 0 Å². The van der Waals surface area contributed by atoms with Crippen molar-refractivity contribution < 1.29 is 4.74 Å². The van der Waals surface area contributed by atoms with Gasteiger partial charge in [0.1, 0.15) is 18.2 Å². The molecule has 0 aliphatic carbocycles. The molecule has 3 aromatic rings. The van der Waals surface area contributed by atoms with Crippen LogP contribution in [0, 0.1) is 0 Å². The van der Waals surface area contributed by atoms with E-state index in [1.807, 2.05) is 24.4 Å². The molecule has 0 bridgehead atoms. The molecule has 0 radical (unpaired) electrons. The fourth-order valence-electron chi connectivity index (χ4n) is 2.68. The first-order valence-electron chi connectivity index (χ1n) is 9.28. The number of hydrogen-bond acceptors (Lipinski definition) is 6. The smallest absolute Gasteiger partial charge is 0.173 e. The summed E-state index contributed by atoms with van der Waals surface area (Å²) in [6.07, 6.45) is 6.94. The largest absolute Gasteiger partial charge is 0.492 e. The van der Waals surface area contributed by atoms with E-state index in [0.717, 1.165) is 30.9 Å². The first kappa shape index (κ1) is 18.8. The second kappa shape index (κ2) is 9.68. The van der Waals surface area contributed by atoms with Crippen LogP contribution < -0.4 is 10.1 Å². The lowest BCUT2D eigenvalue weighted by atomic mass is 10.2. The van der Waals surface area contributed by atoms with Crippen LogP contribution in [-0.4, -0.2) is 50.9 Å². The molecule has 0 aliphatic rings. The molecular weight excluding hydrogens is 340 g/mol. The third-order valence-electron chi connectivity index (χ3n) is 4.33. The maximum Gasteiger partial charge on any atom is 0.173 e. The molecule has 2 heterocycles. The van der Waals surface area contributed by atoms with Gasteiger partial charge in [0, 0.05) is 25.5 Å². The highest BCUT2D eigenvalue weighted by Crippen LogP contribution is 2.14. The fraction of sp³-hybridized carbons (Fsp3) is 0.350. The Kier molecular flexibility index (Phi) is 6.76. The molecule has 3 rings (SSSR count). The average Bonchev–Trinajstić information content (AvgIpc) is 3.26. The number of nitrogens with one attached hydrogen (secondary N) is 1. The molecule has 0 saturated heterocycles. The second-order valence-electron chi connectivity index (χ2n) is 6.09. The Hall–Kier alpha value is -2.93. The molecule has 7 nitrogen and oxygen atoms in total. The third kappa shape index (κ3) is 5.52. The van der Waals surface area contributed by atoms with Crippen molar-refractivity contribution in [1.29, 1.82) is 0 Å². The Morgan fingerprint density at radius 1 is 1.11 bits per heavy atom. The highest BCUT2D eigenvalue weighted by atomic mass is 16.5. The highest BCUT2D eigenvalue weighted by molar-refractivity contribution is 5.37. The molecule has 0 amide bonds. The van der Waals surface area contributed by atoms with Crippen molar-refractivity contribution in [3.8, 4) is 11.6 Å². The van der Waals surface area contributed by atoms with Crippen LogP contribution in [0.4, 0.5) is 5.82 Å². The van der Waals surface area contributed by atoms with Crippen LogP contribution in [0.5, 0.6) is 5.75 Å². The molecule has 7 heteroatoms. The van der Waals surface area contributed by atoms with E-state index in [1.165, 1.54) is 0 Å². The highest BCUT2D eigenvalue weighted by Gasteiger charge is 2.03. The maximum atomic E-state index is 5.82. The molecular formula is C20H26N6O. The van der Waals surface area contributed by atoms with Crippen LogP contribution in [-0.2, 0) is 6.54 Å². The Morgan fingerprint density at radius 3 is 2.63 bits per heavy atom. The SMILES string of the molecule is CCN(CC)CCOc1ccc(CNc2cncc(-n3cccn3)n2)cc1. The molecule has 0 unspecified atom stereocenters. The lowest BCUT2D eigenvalue weighted by Gasteiger charge is -2.18. The summed E-state index contributed by atoms with van der Waals surface area (Å²) in [5.74, 6) is 2.29. The van der Waals surface area contributed by atoms with Gasteiger partial charge >= 0.3 is 0 Å². The van der Waals surface area contributed by atoms with E-state index < -0.39 is 0 Å². The van der Waals surface area contributed by atoms with Crippen LogP contribution in [0.1, 0.15) is 19.4 Å². The molecule has 0 atom stereocenters. The zero-order chi connectivity index (χ0) is 18.9. The molecule has 0 aliphatic heterocycles. The van der Waals surface area contributed by atoms with Crippen molar-refractivity contribution in [3.05, 3.63) is 60.7 Å². The maximum absolute atomic E-state index is 5.82. The van der Waals surface area contributed by atoms with Crippen molar-refractivity contribution in [2.45, 2.75) is 20.4 Å². The Labute approximate surface area is 160 Å². The van der Waals surface area contributed by atoms with Crippen LogP contribution in [0.2, 0.25) is 0 Å². The Morgan fingerprint density at radius 2 is 1.93 bits per heavy atom. The van der Waals surface area contributed by atoms with Gasteiger partial charge in [-0.15, -0.1) is 0 Å². The number of anilines is 1. The van der Waals surface area contributed by atoms with Gasteiger partial charge < -0.3 is 15.0 Å². The second-order valence-corrected chi connectivity index (χ2v) is 6.09. The van der Waals surface area contributed by atoms with E-state index in [0.29, 0.717) is 24.8 Å². The van der Waals surface area contributed by atoms with Gasteiger partial charge in [-0.2, -0.15) is 5.10 Å². The minimum absolute atomic E-state index is 0.664. The number of rotatable bonds is 10. The third-order valence-corrected chi connectivity index (χ3v) is 4.33. The molecule has 1 aromatic carbocycles. The molecule has 0 saturated carbocycles. The minimum atomic E-state index is 0.664. The predicted octanol–water partition coefficient (Wildman–Crippen LogP) is 3.00. The molecule has 0 spiro atoms. The van der Waals surface area contributed by atoms with Gasteiger partial charge in [0.05, 0.1) is 12.4 Å². The van der Waals surface area contributed by atoms with Gasteiger partial charge in [-0.05, 0) is 36.9 Å². The standard InChI is InChI=1S/C20H26N6O/c1-3-25(4-2)12-13-27-18-8-6-17(7-9-18)14-22-19-15-21-16-20(24-19)26-11-5-10-23-26/h5-11,15-16H,3-4,12-14H2,1-2H3,(H,22,24). The van der Waals surface area contributed by atoms with Crippen LogP contribution >= 0.6 is 0 Å². The quantitative estimate of drug-likeness (QED) is 0.595. The zero-order valence-corrected chi connectivity index (χ0v) is 15.9. The van der Waals surface area contributed by atoms with Gasteiger partial charge in [-0.3, -0.25) is 4.98 Å². The van der Waals surface area contributed by atoms with Crippen molar-refractivity contribution in [3.63, 3.8) is 0 Å². The first-order valence-corrected chi connectivity index (χ1v) is 9.28. The van der Waals surface area contributed by atoms with Gasteiger partial charge in [0.25, 0.3) is 0 Å². The summed E-state index contributed by atoms with van der Waals surface area (Å²) < 4.78 is 7.50. The summed E-state index contributed by atoms with van der Waals surface area (Å²) in [4.78, 5) is 11.1. The van der Waals surface area contributed by atoms with Gasteiger partial charge in [0.2, 0.25) is 0 Å². The van der Waals surface area contributed by atoms with E-state index in [2.05, 4.69) is 51.3 Å². The summed E-state index contributed by atoms with van der Waals surface area (Å²) in [7, 11) is 0. The summed E-state index contributed by atoms with van der Waals surface area (Å²) in [5.41, 5.74) is 1.15. The summed E-state index contributed by atoms with van der Waals surface area (Å²) in [6.45, 7) is 8.75. The number of aromatic nitrogens is 4. The summed E-state index contributed by atoms with van der Waals surface area (Å²) >= 11 is 0. The Balaban J connectivity index is 1.50.